The van der Waals surface area contributed by atoms with E-state index in [1.54, 1.807) is 11.9 Å². The molecule has 1 aliphatic rings. The number of benzene rings is 1. The number of nitrogens with zero attached hydrogens (tertiary/aromatic N) is 2. The van der Waals surface area contributed by atoms with Gasteiger partial charge in [0.05, 0.1) is 11.9 Å². The fourth-order valence-corrected chi connectivity index (χ4v) is 3.79. The molecule has 1 aromatic rings. The molecule has 0 atom stereocenters. The third-order valence-corrected chi connectivity index (χ3v) is 5.53. The van der Waals surface area contributed by atoms with Gasteiger partial charge in [-0.15, -0.1) is 0 Å². The summed E-state index contributed by atoms with van der Waals surface area (Å²) in [6.07, 6.45) is 5.95. The van der Waals surface area contributed by atoms with Crippen molar-refractivity contribution in [3.63, 3.8) is 0 Å². The second-order valence-corrected chi connectivity index (χ2v) is 8.07. The minimum Gasteiger partial charge on any atom is -0.341 e. The Hall–Kier alpha value is -1.70. The topological polar surface area (TPSA) is 57.7 Å². The second-order valence-electron chi connectivity index (χ2n) is 6.16. The molecule has 0 bridgehead atoms. The highest BCUT2D eigenvalue weighted by molar-refractivity contribution is 7.92. The van der Waals surface area contributed by atoms with Gasteiger partial charge in [0.1, 0.15) is 6.54 Å². The summed E-state index contributed by atoms with van der Waals surface area (Å²) in [5.41, 5.74) is -0.0678. The summed E-state index contributed by atoms with van der Waals surface area (Å²) in [7, 11) is -2.15. The Balaban J connectivity index is 2.19. The first-order valence-corrected chi connectivity index (χ1v) is 9.73. The minimum absolute atomic E-state index is 0.0678. The van der Waals surface area contributed by atoms with E-state index in [4.69, 9.17) is 0 Å². The monoisotopic (exact) mass is 360 g/mol. The SMILES string of the molecule is CN(C(=O)CN(c1ccc(F)c(F)c1)S(C)(=O)=O)C1CCCCC1. The third-order valence-electron chi connectivity index (χ3n) is 4.39. The molecule has 0 aromatic heterocycles. The molecule has 0 heterocycles. The van der Waals surface area contributed by atoms with Crippen LogP contribution >= 0.6 is 0 Å². The second kappa shape index (κ2) is 7.46. The first-order valence-electron chi connectivity index (χ1n) is 7.88. The molecular formula is C16H22F2N2O3S. The van der Waals surface area contributed by atoms with Gasteiger partial charge >= 0.3 is 0 Å². The molecule has 0 aliphatic heterocycles. The largest absolute Gasteiger partial charge is 0.341 e. The Kier molecular flexibility index (Phi) is 5.79. The van der Waals surface area contributed by atoms with Gasteiger partial charge in [0.15, 0.2) is 11.6 Å². The van der Waals surface area contributed by atoms with Crippen molar-refractivity contribution >= 4 is 21.6 Å². The number of sulfonamides is 1. The molecule has 1 aromatic carbocycles. The van der Waals surface area contributed by atoms with Gasteiger partial charge < -0.3 is 4.90 Å². The zero-order valence-electron chi connectivity index (χ0n) is 13.8. The maximum atomic E-state index is 13.4. The van der Waals surface area contributed by atoms with Crippen LogP contribution in [0.2, 0.25) is 0 Å². The summed E-state index contributed by atoms with van der Waals surface area (Å²) < 4.78 is 51.3. The first-order chi connectivity index (χ1) is 11.2. The molecule has 1 saturated carbocycles. The lowest BCUT2D eigenvalue weighted by molar-refractivity contribution is -0.130. The number of likely N-dealkylation sites (N-methyl/N-ethyl adjacent to an activating group) is 1. The molecule has 0 saturated heterocycles. The van der Waals surface area contributed by atoms with Crippen molar-refractivity contribution < 1.29 is 22.0 Å². The predicted octanol–water partition coefficient (Wildman–Crippen LogP) is 2.52. The highest BCUT2D eigenvalue weighted by Crippen LogP contribution is 2.24. The molecule has 8 heteroatoms. The Morgan fingerprint density at radius 2 is 1.79 bits per heavy atom. The standard InChI is InChI=1S/C16H22F2N2O3S/c1-19(12-6-4-3-5-7-12)16(21)11-20(24(2,22)23)13-8-9-14(17)15(18)10-13/h8-10,12H,3-7,11H2,1-2H3. The molecule has 1 amide bonds. The van der Waals surface area contributed by atoms with Crippen molar-refractivity contribution in [2.24, 2.45) is 0 Å². The number of carbonyl (C=O) groups excluding carboxylic acids is 1. The number of anilines is 1. The van der Waals surface area contributed by atoms with Crippen LogP contribution in [0.3, 0.4) is 0 Å². The van der Waals surface area contributed by atoms with E-state index < -0.39 is 28.2 Å². The van der Waals surface area contributed by atoms with E-state index in [-0.39, 0.29) is 17.6 Å². The van der Waals surface area contributed by atoms with E-state index in [2.05, 4.69) is 0 Å². The zero-order valence-corrected chi connectivity index (χ0v) is 14.7. The van der Waals surface area contributed by atoms with Gasteiger partial charge in [0, 0.05) is 19.2 Å². The van der Waals surface area contributed by atoms with E-state index >= 15 is 0 Å². The van der Waals surface area contributed by atoms with Crippen molar-refractivity contribution in [2.75, 3.05) is 24.2 Å². The van der Waals surface area contributed by atoms with Crippen LogP contribution in [-0.4, -0.2) is 45.1 Å². The Morgan fingerprint density at radius 3 is 2.33 bits per heavy atom. The fraction of sp³-hybridized carbons (Fsp3) is 0.562. The average molecular weight is 360 g/mol. The van der Waals surface area contributed by atoms with E-state index in [9.17, 15) is 22.0 Å². The minimum atomic E-state index is -3.81. The lowest BCUT2D eigenvalue weighted by atomic mass is 9.94. The Morgan fingerprint density at radius 1 is 1.17 bits per heavy atom. The van der Waals surface area contributed by atoms with Crippen LogP contribution < -0.4 is 4.31 Å². The third kappa shape index (κ3) is 4.43. The van der Waals surface area contributed by atoms with E-state index in [1.807, 2.05) is 0 Å². The van der Waals surface area contributed by atoms with Gasteiger partial charge in [-0.2, -0.15) is 0 Å². The molecule has 0 N–H and O–H groups in total. The Bertz CT molecular complexity index is 703. The Labute approximate surface area is 141 Å². The fourth-order valence-electron chi connectivity index (χ4n) is 2.95. The molecule has 2 rings (SSSR count). The van der Waals surface area contributed by atoms with Crippen LogP contribution in [0, 0.1) is 11.6 Å². The lowest BCUT2D eigenvalue weighted by Crippen LogP contribution is -2.45. The molecule has 0 radical (unpaired) electrons. The molecule has 0 unspecified atom stereocenters. The van der Waals surface area contributed by atoms with Crippen LogP contribution in [0.5, 0.6) is 0 Å². The van der Waals surface area contributed by atoms with Gasteiger partial charge in [-0.3, -0.25) is 9.10 Å². The number of hydrogen-bond acceptors (Lipinski definition) is 3. The molecule has 5 nitrogen and oxygen atoms in total. The molecule has 1 fully saturated rings. The number of amides is 1. The van der Waals surface area contributed by atoms with Crippen LogP contribution in [0.1, 0.15) is 32.1 Å². The molecule has 0 spiro atoms. The van der Waals surface area contributed by atoms with Crippen LogP contribution in [0.25, 0.3) is 0 Å². The average Bonchev–Trinajstić information content (AvgIpc) is 2.54. The lowest BCUT2D eigenvalue weighted by Gasteiger charge is -2.33. The van der Waals surface area contributed by atoms with Crippen molar-refractivity contribution in [1.29, 1.82) is 0 Å². The number of rotatable bonds is 5. The van der Waals surface area contributed by atoms with Crippen molar-refractivity contribution in [1.82, 2.24) is 4.90 Å². The number of halogens is 2. The van der Waals surface area contributed by atoms with Crippen molar-refractivity contribution in [3.8, 4) is 0 Å². The van der Waals surface area contributed by atoms with Crippen molar-refractivity contribution in [2.45, 2.75) is 38.1 Å². The van der Waals surface area contributed by atoms with Gasteiger partial charge in [-0.05, 0) is 25.0 Å². The van der Waals surface area contributed by atoms with Crippen molar-refractivity contribution in [3.05, 3.63) is 29.8 Å². The van der Waals surface area contributed by atoms with Crippen LogP contribution in [0.4, 0.5) is 14.5 Å². The normalized spacial score (nSPS) is 16.0. The highest BCUT2D eigenvalue weighted by atomic mass is 32.2. The number of hydrogen-bond donors (Lipinski definition) is 0. The van der Waals surface area contributed by atoms with Gasteiger partial charge in [-0.1, -0.05) is 19.3 Å². The maximum absolute atomic E-state index is 13.4. The number of carbonyl (C=O) groups is 1. The molecule has 24 heavy (non-hydrogen) atoms. The van der Waals surface area contributed by atoms with E-state index in [0.717, 1.165) is 60.9 Å². The highest BCUT2D eigenvalue weighted by Gasteiger charge is 2.27. The predicted molar refractivity (Wildman–Crippen MR) is 88.2 cm³/mol. The van der Waals surface area contributed by atoms with Crippen LogP contribution in [-0.2, 0) is 14.8 Å². The quantitative estimate of drug-likeness (QED) is 0.811. The summed E-state index contributed by atoms with van der Waals surface area (Å²) >= 11 is 0. The summed E-state index contributed by atoms with van der Waals surface area (Å²) in [4.78, 5) is 14.0. The smallest absolute Gasteiger partial charge is 0.243 e. The summed E-state index contributed by atoms with van der Waals surface area (Å²) in [5, 5.41) is 0. The molecular weight excluding hydrogens is 338 g/mol. The van der Waals surface area contributed by atoms with Gasteiger partial charge in [0.2, 0.25) is 15.9 Å². The summed E-state index contributed by atoms with van der Waals surface area (Å²) in [6.45, 7) is -0.434. The van der Waals surface area contributed by atoms with E-state index in [1.165, 1.54) is 0 Å². The van der Waals surface area contributed by atoms with Gasteiger partial charge in [-0.25, -0.2) is 17.2 Å². The summed E-state index contributed by atoms with van der Waals surface area (Å²) in [5.74, 6) is -2.59. The van der Waals surface area contributed by atoms with Gasteiger partial charge in [0.25, 0.3) is 0 Å². The van der Waals surface area contributed by atoms with E-state index in [0.29, 0.717) is 0 Å². The molecule has 134 valence electrons. The molecule has 1 aliphatic carbocycles. The van der Waals surface area contributed by atoms with Crippen LogP contribution in [0.15, 0.2) is 18.2 Å². The maximum Gasteiger partial charge on any atom is 0.243 e. The zero-order chi connectivity index (χ0) is 17.9. The summed E-state index contributed by atoms with van der Waals surface area (Å²) in [6, 6.07) is 2.87. The first kappa shape index (κ1) is 18.6.